The molecule has 4 N–H and O–H groups in total. The lowest BCUT2D eigenvalue weighted by atomic mass is 9.82. The molecule has 2 fully saturated rings. The van der Waals surface area contributed by atoms with Gasteiger partial charge in [0.2, 0.25) is 0 Å². The van der Waals surface area contributed by atoms with Gasteiger partial charge in [-0.25, -0.2) is 9.59 Å². The van der Waals surface area contributed by atoms with Gasteiger partial charge in [0, 0.05) is 24.7 Å². The Morgan fingerprint density at radius 1 is 0.968 bits per heavy atom. The number of benzene rings is 1. The van der Waals surface area contributed by atoms with Crippen LogP contribution in [0.3, 0.4) is 0 Å². The van der Waals surface area contributed by atoms with Crippen LogP contribution in [0.15, 0.2) is 42.5 Å². The number of hydrogen-bond donors (Lipinski definition) is 4. The van der Waals surface area contributed by atoms with Gasteiger partial charge < -0.3 is 30.2 Å². The Labute approximate surface area is 179 Å². The molecule has 4 rings (SSSR count). The molecule has 2 unspecified atom stereocenters. The number of piperidine rings is 1. The number of aliphatic carboxylic acids is 2. The van der Waals surface area contributed by atoms with Crippen molar-refractivity contribution in [2.75, 3.05) is 31.6 Å². The molecule has 0 aliphatic carbocycles. The molecule has 1 aromatic carbocycles. The number of aliphatic hydroxyl groups excluding tert-OH is 2. The molecule has 0 saturated carbocycles. The first-order valence-corrected chi connectivity index (χ1v) is 9.94. The molecule has 2 aliphatic heterocycles. The fourth-order valence-corrected chi connectivity index (χ4v) is 3.73. The summed E-state index contributed by atoms with van der Waals surface area (Å²) in [7, 11) is 2.21. The van der Waals surface area contributed by atoms with Gasteiger partial charge in [0.1, 0.15) is 0 Å². The summed E-state index contributed by atoms with van der Waals surface area (Å²) in [4.78, 5) is 24.4. The number of fused-ring (bicyclic) bond motifs is 1. The van der Waals surface area contributed by atoms with Gasteiger partial charge in [0.15, 0.2) is 18.0 Å². The lowest BCUT2D eigenvalue weighted by Crippen LogP contribution is -2.64. The summed E-state index contributed by atoms with van der Waals surface area (Å²) >= 11 is 0. The van der Waals surface area contributed by atoms with Crippen LogP contribution < -0.4 is 4.90 Å². The van der Waals surface area contributed by atoms with Crippen molar-refractivity contribution in [3.63, 3.8) is 0 Å². The van der Waals surface area contributed by atoms with Crippen LogP contribution in [0.5, 0.6) is 0 Å². The highest BCUT2D eigenvalue weighted by Crippen LogP contribution is 2.35. The third-order valence-electron chi connectivity index (χ3n) is 5.58. The second-order valence-electron chi connectivity index (χ2n) is 7.74. The van der Waals surface area contributed by atoms with Crippen molar-refractivity contribution in [2.45, 2.75) is 24.7 Å². The lowest BCUT2D eigenvalue weighted by Gasteiger charge is -2.53. The first-order chi connectivity index (χ1) is 14.8. The van der Waals surface area contributed by atoms with Crippen LogP contribution in [0.4, 0.5) is 5.82 Å². The van der Waals surface area contributed by atoms with Gasteiger partial charge in [-0.3, -0.25) is 0 Å². The molecule has 31 heavy (non-hydrogen) atoms. The molecule has 0 bridgehead atoms. The molecule has 0 spiro atoms. The van der Waals surface area contributed by atoms with Gasteiger partial charge in [0.05, 0.1) is 5.69 Å². The van der Waals surface area contributed by atoms with E-state index in [0.29, 0.717) is 6.04 Å². The number of carboxylic acids is 2. The highest BCUT2D eigenvalue weighted by atomic mass is 16.4. The van der Waals surface area contributed by atoms with Crippen molar-refractivity contribution in [3.8, 4) is 11.3 Å². The molecule has 2 aromatic rings. The Balaban J connectivity index is 0.000000233. The maximum absolute atomic E-state index is 9.77. The van der Waals surface area contributed by atoms with E-state index in [4.69, 9.17) is 20.4 Å². The minimum Gasteiger partial charge on any atom is -0.479 e. The van der Waals surface area contributed by atoms with E-state index < -0.39 is 24.1 Å². The minimum absolute atomic E-state index is 0.626. The van der Waals surface area contributed by atoms with Gasteiger partial charge in [-0.1, -0.05) is 30.3 Å². The Kier molecular flexibility index (Phi) is 7.16. The molecule has 2 aliphatic rings. The molecule has 10 nitrogen and oxygen atoms in total. The van der Waals surface area contributed by atoms with Crippen LogP contribution in [0.2, 0.25) is 0 Å². The summed E-state index contributed by atoms with van der Waals surface area (Å²) in [5.74, 6) is -1.67. The number of aromatic nitrogens is 2. The molecule has 4 atom stereocenters. The van der Waals surface area contributed by atoms with Crippen molar-refractivity contribution in [1.82, 2.24) is 15.1 Å². The Hall–Kier alpha value is -3.08. The summed E-state index contributed by atoms with van der Waals surface area (Å²) in [6.45, 7) is 3.51. The van der Waals surface area contributed by atoms with Gasteiger partial charge in [0.25, 0.3) is 0 Å². The molecule has 166 valence electrons. The number of aliphatic hydroxyl groups is 2. The van der Waals surface area contributed by atoms with Crippen molar-refractivity contribution < 1.29 is 30.0 Å². The maximum Gasteiger partial charge on any atom is 0.335 e. The fourth-order valence-electron chi connectivity index (χ4n) is 3.73. The predicted octanol–water partition coefficient (Wildman–Crippen LogP) is 0.161. The first-order valence-electron chi connectivity index (χ1n) is 9.94. The van der Waals surface area contributed by atoms with Crippen LogP contribution in [0.1, 0.15) is 6.42 Å². The first kappa shape index (κ1) is 22.6. The average Bonchev–Trinajstić information content (AvgIpc) is 2.76. The van der Waals surface area contributed by atoms with Gasteiger partial charge in [-0.2, -0.15) is 0 Å². The summed E-state index contributed by atoms with van der Waals surface area (Å²) in [6, 6.07) is 15.0. The maximum atomic E-state index is 9.77. The molecule has 2 saturated heterocycles. The number of hydrogen-bond acceptors (Lipinski definition) is 8. The number of nitrogens with zero attached hydrogens (tertiary/aromatic N) is 4. The number of likely N-dealkylation sites (tertiary alicyclic amines) is 1. The third kappa shape index (κ3) is 5.35. The van der Waals surface area contributed by atoms with E-state index in [2.05, 4.69) is 51.3 Å². The molecule has 0 radical (unpaired) electrons. The quantitative estimate of drug-likeness (QED) is 0.517. The smallest absolute Gasteiger partial charge is 0.335 e. The highest BCUT2D eigenvalue weighted by Gasteiger charge is 2.42. The highest BCUT2D eigenvalue weighted by molar-refractivity contribution is 5.83. The topological polar surface area (TPSA) is 147 Å². The number of anilines is 1. The van der Waals surface area contributed by atoms with Crippen molar-refractivity contribution in [3.05, 3.63) is 42.5 Å². The van der Waals surface area contributed by atoms with Gasteiger partial charge >= 0.3 is 11.9 Å². The van der Waals surface area contributed by atoms with E-state index in [1.54, 1.807) is 0 Å². The fraction of sp³-hybridized carbons (Fsp3) is 0.429. The predicted molar refractivity (Wildman–Crippen MR) is 111 cm³/mol. The van der Waals surface area contributed by atoms with Crippen molar-refractivity contribution in [1.29, 1.82) is 0 Å². The van der Waals surface area contributed by atoms with Crippen LogP contribution in [0.25, 0.3) is 11.3 Å². The zero-order chi connectivity index (χ0) is 22.5. The Morgan fingerprint density at radius 3 is 2.16 bits per heavy atom. The summed E-state index contributed by atoms with van der Waals surface area (Å²) in [5, 5.41) is 41.4. The van der Waals surface area contributed by atoms with Crippen LogP contribution in [0, 0.1) is 5.92 Å². The largest absolute Gasteiger partial charge is 0.479 e. The van der Waals surface area contributed by atoms with Crippen LogP contribution in [-0.4, -0.2) is 92.4 Å². The molecule has 0 amide bonds. The van der Waals surface area contributed by atoms with E-state index in [9.17, 15) is 9.59 Å². The molecular weight excluding hydrogens is 404 g/mol. The summed E-state index contributed by atoms with van der Waals surface area (Å²) < 4.78 is 0. The normalized spacial score (nSPS) is 22.2. The van der Waals surface area contributed by atoms with E-state index in [-0.39, 0.29) is 0 Å². The number of carboxylic acid groups (broad SMARTS) is 2. The second kappa shape index (κ2) is 9.82. The number of likely N-dealkylation sites (N-methyl/N-ethyl adjacent to an activating group) is 1. The zero-order valence-electron chi connectivity index (χ0n) is 17.1. The second-order valence-corrected chi connectivity index (χ2v) is 7.74. The van der Waals surface area contributed by atoms with Crippen LogP contribution >= 0.6 is 0 Å². The molecule has 1 aromatic heterocycles. The molecule has 10 heteroatoms. The monoisotopic (exact) mass is 430 g/mol. The Bertz CT molecular complexity index is 877. The third-order valence-corrected chi connectivity index (χ3v) is 5.58. The van der Waals surface area contributed by atoms with Crippen molar-refractivity contribution >= 4 is 17.8 Å². The number of carbonyl (C=O) groups is 2. The van der Waals surface area contributed by atoms with E-state index >= 15 is 0 Å². The minimum atomic E-state index is -2.27. The van der Waals surface area contributed by atoms with Gasteiger partial charge in [-0.15, -0.1) is 10.2 Å². The number of rotatable bonds is 5. The standard InChI is InChI=1S/C17H20N4.C4H6O6/c1-20-10-9-14-11-21(16(14)12-20)17-8-7-15(18-19-17)13-5-3-2-4-6-13;5-1(3(7)8)2(6)4(9)10/h2-8,14,16H,9-12H2,1H3;1-2,5-6H,(H,7,8)(H,9,10)/t;1-,2-/m.1/s1. The van der Waals surface area contributed by atoms with Gasteiger partial charge in [-0.05, 0) is 38.1 Å². The molecule has 3 heterocycles. The van der Waals surface area contributed by atoms with E-state index in [0.717, 1.165) is 36.1 Å². The van der Waals surface area contributed by atoms with E-state index in [1.165, 1.54) is 13.0 Å². The van der Waals surface area contributed by atoms with Crippen LogP contribution in [-0.2, 0) is 9.59 Å². The average molecular weight is 430 g/mol. The van der Waals surface area contributed by atoms with Crippen molar-refractivity contribution in [2.24, 2.45) is 5.92 Å². The summed E-state index contributed by atoms with van der Waals surface area (Å²) in [5.41, 5.74) is 2.06. The zero-order valence-corrected chi connectivity index (χ0v) is 17.1. The summed E-state index contributed by atoms with van der Waals surface area (Å²) in [6.07, 6.45) is -3.22. The SMILES string of the molecule is CN1CCC2CN(c3ccc(-c4ccccc4)nn3)C2C1.O=C(O)[C@H](O)[C@@H](O)C(=O)O. The lowest BCUT2D eigenvalue weighted by molar-refractivity contribution is -0.165. The molecular formula is C21H26N4O6. The Morgan fingerprint density at radius 2 is 1.61 bits per heavy atom. The van der Waals surface area contributed by atoms with E-state index in [1.807, 2.05) is 18.2 Å².